The molecule has 0 fully saturated rings. The molecule has 5 nitrogen and oxygen atoms in total. The summed E-state index contributed by atoms with van der Waals surface area (Å²) in [6.07, 6.45) is 4.34. The third-order valence-corrected chi connectivity index (χ3v) is 3.01. The Hall–Kier alpha value is -1.27. The second-order valence-electron chi connectivity index (χ2n) is 3.71. The minimum Gasteiger partial charge on any atom is -0.309 e. The molecule has 0 saturated heterocycles. The molecule has 1 N–H and O–H groups in total. The zero-order valence-corrected chi connectivity index (χ0v) is 10.0. The summed E-state index contributed by atoms with van der Waals surface area (Å²) in [5.74, 6) is 0. The van der Waals surface area contributed by atoms with E-state index in [9.17, 15) is 0 Å². The maximum atomic E-state index is 4.23. The monoisotopic (exact) mass is 237 g/mol. The Morgan fingerprint density at radius 3 is 3.19 bits per heavy atom. The summed E-state index contributed by atoms with van der Waals surface area (Å²) in [4.78, 5) is 8.14. The summed E-state index contributed by atoms with van der Waals surface area (Å²) >= 11 is 1.63. The van der Waals surface area contributed by atoms with Crippen LogP contribution in [0.25, 0.3) is 0 Å². The molecule has 16 heavy (non-hydrogen) atoms. The number of hydrogen-bond donors (Lipinski definition) is 1. The molecule has 86 valence electrons. The van der Waals surface area contributed by atoms with E-state index in [0.717, 1.165) is 25.2 Å². The summed E-state index contributed by atoms with van der Waals surface area (Å²) in [6, 6.07) is 0.450. The van der Waals surface area contributed by atoms with Gasteiger partial charge in [0.15, 0.2) is 0 Å². The molecule has 2 aromatic heterocycles. The van der Waals surface area contributed by atoms with Crippen LogP contribution in [0, 0.1) is 0 Å². The zero-order valence-electron chi connectivity index (χ0n) is 9.21. The molecule has 0 aromatic carbocycles. The van der Waals surface area contributed by atoms with Crippen LogP contribution in [0.3, 0.4) is 0 Å². The van der Waals surface area contributed by atoms with Crippen molar-refractivity contribution in [1.82, 2.24) is 25.1 Å². The number of nitrogens with zero attached hydrogens (tertiary/aromatic N) is 4. The number of aryl methyl sites for hydroxylation is 1. The van der Waals surface area contributed by atoms with Crippen molar-refractivity contribution >= 4 is 11.3 Å². The van der Waals surface area contributed by atoms with Crippen LogP contribution in [0.2, 0.25) is 0 Å². The van der Waals surface area contributed by atoms with Gasteiger partial charge in [0.25, 0.3) is 0 Å². The van der Waals surface area contributed by atoms with Gasteiger partial charge >= 0.3 is 0 Å². The molecule has 0 spiro atoms. The molecule has 1 unspecified atom stereocenters. The molecular formula is C10H15N5S. The van der Waals surface area contributed by atoms with Crippen molar-refractivity contribution in [1.29, 1.82) is 0 Å². The Morgan fingerprint density at radius 2 is 2.50 bits per heavy atom. The number of aromatic nitrogens is 4. The van der Waals surface area contributed by atoms with E-state index in [2.05, 4.69) is 32.7 Å². The van der Waals surface area contributed by atoms with Crippen molar-refractivity contribution in [2.75, 3.05) is 0 Å². The van der Waals surface area contributed by atoms with Crippen LogP contribution in [0.4, 0.5) is 0 Å². The van der Waals surface area contributed by atoms with Crippen LogP contribution in [-0.4, -0.2) is 25.8 Å². The number of rotatable bonds is 6. The van der Waals surface area contributed by atoms with Crippen molar-refractivity contribution in [3.05, 3.63) is 29.2 Å². The standard InChI is InChI=1S/C10H15N5S/c1-9(2-3-15-7-11-6-14-15)12-4-10-5-16-8-13-10/h5-9,12H,2-4H2,1H3. The molecule has 2 heterocycles. The normalized spacial score (nSPS) is 12.8. The van der Waals surface area contributed by atoms with Crippen LogP contribution in [0.5, 0.6) is 0 Å². The fourth-order valence-corrected chi connectivity index (χ4v) is 1.94. The largest absolute Gasteiger partial charge is 0.309 e. The van der Waals surface area contributed by atoms with Crippen molar-refractivity contribution in [3.63, 3.8) is 0 Å². The quantitative estimate of drug-likeness (QED) is 0.823. The Balaban J connectivity index is 1.66. The van der Waals surface area contributed by atoms with E-state index >= 15 is 0 Å². The van der Waals surface area contributed by atoms with Crippen LogP contribution in [0.15, 0.2) is 23.5 Å². The Labute approximate surface area is 98.5 Å². The topological polar surface area (TPSA) is 55.6 Å². The first-order valence-electron chi connectivity index (χ1n) is 5.27. The molecule has 6 heteroatoms. The van der Waals surface area contributed by atoms with Crippen molar-refractivity contribution in [2.24, 2.45) is 0 Å². The van der Waals surface area contributed by atoms with Gasteiger partial charge < -0.3 is 5.32 Å². The average Bonchev–Trinajstić information content (AvgIpc) is 2.96. The zero-order chi connectivity index (χ0) is 11.2. The minimum absolute atomic E-state index is 0.450. The lowest BCUT2D eigenvalue weighted by atomic mass is 10.2. The molecule has 0 aliphatic heterocycles. The molecule has 0 aliphatic carbocycles. The van der Waals surface area contributed by atoms with E-state index in [1.54, 1.807) is 24.0 Å². The van der Waals surface area contributed by atoms with E-state index in [-0.39, 0.29) is 0 Å². The maximum Gasteiger partial charge on any atom is 0.137 e. The Kier molecular flexibility index (Phi) is 4.01. The molecule has 0 radical (unpaired) electrons. The second kappa shape index (κ2) is 5.72. The molecule has 0 bridgehead atoms. The van der Waals surface area contributed by atoms with Gasteiger partial charge in [-0.15, -0.1) is 11.3 Å². The Bertz CT molecular complexity index is 345. The molecular weight excluding hydrogens is 222 g/mol. The van der Waals surface area contributed by atoms with Gasteiger partial charge in [-0.05, 0) is 13.3 Å². The number of nitrogens with one attached hydrogen (secondary N) is 1. The predicted octanol–water partition coefficient (Wildman–Crippen LogP) is 1.30. The van der Waals surface area contributed by atoms with E-state index in [0.29, 0.717) is 6.04 Å². The lowest BCUT2D eigenvalue weighted by Gasteiger charge is -2.12. The van der Waals surface area contributed by atoms with Gasteiger partial charge in [-0.1, -0.05) is 0 Å². The van der Waals surface area contributed by atoms with Crippen molar-refractivity contribution < 1.29 is 0 Å². The molecule has 0 saturated carbocycles. The van der Waals surface area contributed by atoms with Crippen molar-refractivity contribution in [3.8, 4) is 0 Å². The third kappa shape index (κ3) is 3.39. The highest BCUT2D eigenvalue weighted by atomic mass is 32.1. The summed E-state index contributed by atoms with van der Waals surface area (Å²) in [5.41, 5.74) is 2.97. The molecule has 2 rings (SSSR count). The van der Waals surface area contributed by atoms with Gasteiger partial charge in [0.1, 0.15) is 12.7 Å². The van der Waals surface area contributed by atoms with E-state index < -0.39 is 0 Å². The van der Waals surface area contributed by atoms with Gasteiger partial charge in [-0.3, -0.25) is 4.68 Å². The van der Waals surface area contributed by atoms with Gasteiger partial charge in [0.05, 0.1) is 11.2 Å². The van der Waals surface area contributed by atoms with Gasteiger partial charge in [0, 0.05) is 24.5 Å². The molecule has 1 atom stereocenters. The molecule has 0 amide bonds. The van der Waals surface area contributed by atoms with Gasteiger partial charge in [-0.2, -0.15) is 5.10 Å². The summed E-state index contributed by atoms with van der Waals surface area (Å²) in [5, 5.41) is 9.56. The second-order valence-corrected chi connectivity index (χ2v) is 4.43. The first-order valence-corrected chi connectivity index (χ1v) is 6.22. The predicted molar refractivity (Wildman–Crippen MR) is 63.1 cm³/mol. The third-order valence-electron chi connectivity index (χ3n) is 2.37. The molecule has 0 aliphatic rings. The first kappa shape index (κ1) is 11.2. The fraction of sp³-hybridized carbons (Fsp3) is 0.500. The van der Waals surface area contributed by atoms with Crippen LogP contribution < -0.4 is 5.32 Å². The lowest BCUT2D eigenvalue weighted by molar-refractivity contribution is 0.455. The van der Waals surface area contributed by atoms with Crippen LogP contribution >= 0.6 is 11.3 Å². The number of hydrogen-bond acceptors (Lipinski definition) is 5. The Morgan fingerprint density at radius 1 is 1.56 bits per heavy atom. The SMILES string of the molecule is CC(CCn1cncn1)NCc1cscn1. The first-order chi connectivity index (χ1) is 7.84. The van der Waals surface area contributed by atoms with E-state index in [1.807, 2.05) is 10.2 Å². The highest BCUT2D eigenvalue weighted by Gasteiger charge is 2.03. The summed E-state index contributed by atoms with van der Waals surface area (Å²) in [6.45, 7) is 3.90. The lowest BCUT2D eigenvalue weighted by Crippen LogP contribution is -2.27. The highest BCUT2D eigenvalue weighted by Crippen LogP contribution is 2.01. The average molecular weight is 237 g/mol. The molecule has 2 aromatic rings. The smallest absolute Gasteiger partial charge is 0.137 e. The van der Waals surface area contributed by atoms with Crippen molar-refractivity contribution in [2.45, 2.75) is 32.5 Å². The maximum absolute atomic E-state index is 4.23. The van der Waals surface area contributed by atoms with Crippen LogP contribution in [0.1, 0.15) is 19.0 Å². The van der Waals surface area contributed by atoms with Gasteiger partial charge in [0.2, 0.25) is 0 Å². The van der Waals surface area contributed by atoms with Crippen LogP contribution in [-0.2, 0) is 13.1 Å². The summed E-state index contributed by atoms with van der Waals surface area (Å²) in [7, 11) is 0. The van der Waals surface area contributed by atoms with E-state index in [4.69, 9.17) is 0 Å². The highest BCUT2D eigenvalue weighted by molar-refractivity contribution is 7.07. The number of thiazole rings is 1. The fourth-order valence-electron chi connectivity index (χ4n) is 1.38. The summed E-state index contributed by atoms with van der Waals surface area (Å²) < 4.78 is 1.85. The van der Waals surface area contributed by atoms with E-state index in [1.165, 1.54) is 0 Å². The minimum atomic E-state index is 0.450. The van der Waals surface area contributed by atoms with Gasteiger partial charge in [-0.25, -0.2) is 9.97 Å².